The molecule has 0 amide bonds. The van der Waals surface area contributed by atoms with Gasteiger partial charge in [0, 0.05) is 24.7 Å². The predicted octanol–water partition coefficient (Wildman–Crippen LogP) is 0.929. The topological polar surface area (TPSA) is 98.7 Å². The molecule has 0 atom stereocenters. The maximum atomic E-state index is 12.2. The van der Waals surface area contributed by atoms with E-state index in [1.165, 1.54) is 15.7 Å². The van der Waals surface area contributed by atoms with Crippen LogP contribution in [0, 0.1) is 5.92 Å². The normalized spacial score (nSPS) is 12.6. The number of aromatic nitrogens is 2. The van der Waals surface area contributed by atoms with Gasteiger partial charge in [0.05, 0.1) is 6.61 Å². The number of rotatable bonds is 7. The van der Waals surface area contributed by atoms with E-state index in [9.17, 15) is 8.42 Å². The number of nitrogens with one attached hydrogen (secondary N) is 1. The van der Waals surface area contributed by atoms with E-state index in [-0.39, 0.29) is 17.4 Å². The van der Waals surface area contributed by atoms with Crippen LogP contribution in [-0.4, -0.2) is 37.6 Å². The fourth-order valence-electron chi connectivity index (χ4n) is 1.68. The first-order valence-corrected chi connectivity index (χ1v) is 8.56. The maximum Gasteiger partial charge on any atom is 0.260 e. The quantitative estimate of drug-likeness (QED) is 0.740. The Balaban J connectivity index is 2.03. The molecule has 0 aliphatic carbocycles. The Hall–Kier alpha value is -1.16. The lowest BCUT2D eigenvalue weighted by Gasteiger charge is -2.08. The molecule has 2 heterocycles. The molecule has 0 aromatic carbocycles. The second-order valence-corrected chi connectivity index (χ2v) is 7.28. The van der Waals surface area contributed by atoms with Crippen molar-refractivity contribution in [3.05, 3.63) is 11.6 Å². The molecule has 0 bridgehead atoms. The molecular weight excluding hydrogens is 300 g/mol. The van der Waals surface area contributed by atoms with Crippen LogP contribution in [0.4, 0.5) is 5.82 Å². The van der Waals surface area contributed by atoms with E-state index < -0.39 is 10.0 Å². The van der Waals surface area contributed by atoms with E-state index in [2.05, 4.69) is 9.71 Å². The fraction of sp³-hybridized carbons (Fsp3) is 0.545. The van der Waals surface area contributed by atoms with Gasteiger partial charge in [-0.15, -0.1) is 11.3 Å². The third-order valence-corrected chi connectivity index (χ3v) is 4.74. The van der Waals surface area contributed by atoms with Crippen molar-refractivity contribution in [2.24, 2.45) is 5.92 Å². The van der Waals surface area contributed by atoms with Crippen LogP contribution in [0.5, 0.6) is 0 Å². The molecule has 0 fully saturated rings. The number of nitrogens with zero attached hydrogens (tertiary/aromatic N) is 2. The maximum absolute atomic E-state index is 12.2. The van der Waals surface area contributed by atoms with Crippen LogP contribution in [0.3, 0.4) is 0 Å². The Kier molecular flexibility index (Phi) is 4.63. The van der Waals surface area contributed by atoms with E-state index in [1.807, 2.05) is 13.8 Å². The largest absolute Gasteiger partial charge is 0.381 e. The van der Waals surface area contributed by atoms with Crippen molar-refractivity contribution in [1.29, 1.82) is 0 Å². The zero-order chi connectivity index (χ0) is 14.8. The summed E-state index contributed by atoms with van der Waals surface area (Å²) in [6.45, 7) is 5.19. The second kappa shape index (κ2) is 6.08. The summed E-state index contributed by atoms with van der Waals surface area (Å²) < 4.78 is 33.7. The van der Waals surface area contributed by atoms with Crippen molar-refractivity contribution >= 4 is 32.1 Å². The summed E-state index contributed by atoms with van der Waals surface area (Å²) >= 11 is 1.33. The molecule has 3 N–H and O–H groups in total. The van der Waals surface area contributed by atoms with Gasteiger partial charge >= 0.3 is 0 Å². The molecule has 2 rings (SSSR count). The highest BCUT2D eigenvalue weighted by molar-refractivity contribution is 7.89. The Labute approximate surface area is 121 Å². The number of thiazole rings is 1. The van der Waals surface area contributed by atoms with Crippen molar-refractivity contribution in [1.82, 2.24) is 14.1 Å². The molecule has 0 unspecified atom stereocenters. The fourth-order valence-corrected chi connectivity index (χ4v) is 3.68. The summed E-state index contributed by atoms with van der Waals surface area (Å²) in [6.07, 6.45) is 1.63. The SMILES string of the molecule is CC(C)COCCNS(=O)(=O)c1c(N)nc2sccn12. The van der Waals surface area contributed by atoms with Gasteiger partial charge < -0.3 is 10.5 Å². The number of nitrogen functional groups attached to an aromatic ring is 1. The second-order valence-electron chi connectivity index (χ2n) is 4.72. The first-order chi connectivity index (χ1) is 9.42. The van der Waals surface area contributed by atoms with E-state index in [0.717, 1.165) is 0 Å². The molecule has 0 radical (unpaired) electrons. The molecule has 7 nitrogen and oxygen atoms in total. The van der Waals surface area contributed by atoms with Crippen LogP contribution >= 0.6 is 11.3 Å². The van der Waals surface area contributed by atoms with Gasteiger partial charge in [0.2, 0.25) is 0 Å². The zero-order valence-corrected chi connectivity index (χ0v) is 13.0. The molecule has 20 heavy (non-hydrogen) atoms. The van der Waals surface area contributed by atoms with Crippen LogP contribution in [0.15, 0.2) is 16.6 Å². The highest BCUT2D eigenvalue weighted by atomic mass is 32.2. The molecule has 112 valence electrons. The Bertz CT molecular complexity index is 675. The van der Waals surface area contributed by atoms with Crippen LogP contribution in [0.2, 0.25) is 0 Å². The molecule has 0 spiro atoms. The third kappa shape index (κ3) is 3.29. The first kappa shape index (κ1) is 15.2. The van der Waals surface area contributed by atoms with E-state index >= 15 is 0 Å². The van der Waals surface area contributed by atoms with Crippen molar-refractivity contribution in [2.45, 2.75) is 18.9 Å². The average Bonchev–Trinajstić information content (AvgIpc) is 2.86. The lowest BCUT2D eigenvalue weighted by Crippen LogP contribution is -2.29. The number of hydrogen-bond acceptors (Lipinski definition) is 6. The predicted molar refractivity (Wildman–Crippen MR) is 78.3 cm³/mol. The van der Waals surface area contributed by atoms with Crippen molar-refractivity contribution < 1.29 is 13.2 Å². The molecular formula is C11H18N4O3S2. The number of imidazole rings is 1. The van der Waals surface area contributed by atoms with Crippen molar-refractivity contribution in [3.8, 4) is 0 Å². The number of fused-ring (bicyclic) bond motifs is 1. The summed E-state index contributed by atoms with van der Waals surface area (Å²) in [7, 11) is -3.69. The summed E-state index contributed by atoms with van der Waals surface area (Å²) in [5.41, 5.74) is 5.68. The number of ether oxygens (including phenoxy) is 1. The average molecular weight is 318 g/mol. The van der Waals surface area contributed by atoms with E-state index in [1.54, 1.807) is 11.6 Å². The molecule has 0 aliphatic rings. The summed E-state index contributed by atoms with van der Waals surface area (Å²) in [4.78, 5) is 4.57. The minimum Gasteiger partial charge on any atom is -0.381 e. The first-order valence-electron chi connectivity index (χ1n) is 6.20. The highest BCUT2D eigenvalue weighted by Crippen LogP contribution is 2.22. The third-order valence-electron chi connectivity index (χ3n) is 2.49. The molecule has 0 saturated heterocycles. The van der Waals surface area contributed by atoms with Crippen molar-refractivity contribution in [2.75, 3.05) is 25.5 Å². The van der Waals surface area contributed by atoms with Crippen LogP contribution in [-0.2, 0) is 14.8 Å². The highest BCUT2D eigenvalue weighted by Gasteiger charge is 2.23. The molecule has 0 aliphatic heterocycles. The number of sulfonamides is 1. The van der Waals surface area contributed by atoms with Crippen LogP contribution in [0.1, 0.15) is 13.8 Å². The minimum absolute atomic E-state index is 0.00690. The summed E-state index contributed by atoms with van der Waals surface area (Å²) in [6, 6.07) is 0. The Morgan fingerprint density at radius 2 is 2.30 bits per heavy atom. The smallest absolute Gasteiger partial charge is 0.260 e. The standard InChI is InChI=1S/C11H18N4O3S2/c1-8(2)7-18-5-3-13-20(16,17)10-9(12)14-11-15(10)4-6-19-11/h4,6,8,13H,3,5,7,12H2,1-2H3. The Morgan fingerprint density at radius 3 is 3.00 bits per heavy atom. The van der Waals surface area contributed by atoms with E-state index in [0.29, 0.717) is 24.1 Å². The van der Waals surface area contributed by atoms with Gasteiger partial charge in [0.1, 0.15) is 0 Å². The van der Waals surface area contributed by atoms with Gasteiger partial charge in [-0.3, -0.25) is 4.40 Å². The molecule has 2 aromatic rings. The number of nitrogens with two attached hydrogens (primary N) is 1. The monoisotopic (exact) mass is 318 g/mol. The summed E-state index contributed by atoms with van der Waals surface area (Å²) in [5.74, 6) is 0.426. The van der Waals surface area contributed by atoms with Gasteiger partial charge in [0.15, 0.2) is 15.8 Å². The number of anilines is 1. The lowest BCUT2D eigenvalue weighted by atomic mass is 10.2. The molecule has 0 saturated carbocycles. The summed E-state index contributed by atoms with van der Waals surface area (Å²) in [5, 5.41) is 1.74. The van der Waals surface area contributed by atoms with Gasteiger partial charge in [0.25, 0.3) is 10.0 Å². The molecule has 2 aromatic heterocycles. The van der Waals surface area contributed by atoms with Gasteiger partial charge in [-0.25, -0.2) is 18.1 Å². The number of hydrogen-bond donors (Lipinski definition) is 2. The molecule has 9 heteroatoms. The van der Waals surface area contributed by atoms with Crippen molar-refractivity contribution in [3.63, 3.8) is 0 Å². The van der Waals surface area contributed by atoms with Gasteiger partial charge in [-0.2, -0.15) is 0 Å². The lowest BCUT2D eigenvalue weighted by molar-refractivity contribution is 0.114. The zero-order valence-electron chi connectivity index (χ0n) is 11.4. The van der Waals surface area contributed by atoms with Crippen LogP contribution < -0.4 is 10.5 Å². The van der Waals surface area contributed by atoms with Gasteiger partial charge in [-0.1, -0.05) is 13.8 Å². The van der Waals surface area contributed by atoms with Gasteiger partial charge in [-0.05, 0) is 5.92 Å². The minimum atomic E-state index is -3.69. The van der Waals surface area contributed by atoms with E-state index in [4.69, 9.17) is 10.5 Å². The Morgan fingerprint density at radius 1 is 1.55 bits per heavy atom. The van der Waals surface area contributed by atoms with Crippen LogP contribution in [0.25, 0.3) is 4.96 Å².